The van der Waals surface area contributed by atoms with Crippen LogP contribution in [-0.2, 0) is 29.8 Å². The van der Waals surface area contributed by atoms with Crippen LogP contribution in [0.25, 0.3) is 0 Å². The Bertz CT molecular complexity index is 1210. The monoisotopic (exact) mass is 489 g/mol. The van der Waals surface area contributed by atoms with Crippen molar-refractivity contribution in [1.29, 1.82) is 0 Å². The van der Waals surface area contributed by atoms with Crippen LogP contribution in [0.5, 0.6) is 0 Å². The second kappa shape index (κ2) is 8.30. The number of rotatable bonds is 5. The summed E-state index contributed by atoms with van der Waals surface area (Å²) in [6.45, 7) is 0.337. The summed E-state index contributed by atoms with van der Waals surface area (Å²) in [6, 6.07) is 20.9. The molecule has 162 valence electrons. The van der Waals surface area contributed by atoms with Gasteiger partial charge in [-0.05, 0) is 66.6 Å². The van der Waals surface area contributed by atoms with Crippen molar-refractivity contribution in [2.24, 2.45) is 0 Å². The van der Waals surface area contributed by atoms with Crippen LogP contribution in [0.2, 0.25) is 0 Å². The van der Waals surface area contributed by atoms with Crippen LogP contribution in [0.15, 0.2) is 71.2 Å². The predicted molar refractivity (Wildman–Crippen MR) is 128 cm³/mol. The van der Waals surface area contributed by atoms with Crippen molar-refractivity contribution in [2.75, 3.05) is 4.90 Å². The van der Waals surface area contributed by atoms with E-state index in [4.69, 9.17) is 0 Å². The molecule has 1 heterocycles. The average molecular weight is 490 g/mol. The molecule has 2 aliphatic rings. The maximum atomic E-state index is 13.5. The molecule has 3 aromatic rings. The van der Waals surface area contributed by atoms with Gasteiger partial charge in [0.15, 0.2) is 11.4 Å². The maximum Gasteiger partial charge on any atom is 0.264 e. The molecule has 0 radical (unpaired) electrons. The van der Waals surface area contributed by atoms with E-state index in [0.29, 0.717) is 23.4 Å². The smallest absolute Gasteiger partial charge is 0.264 e. The first-order valence-electron chi connectivity index (χ1n) is 11.0. The van der Waals surface area contributed by atoms with E-state index in [0.717, 1.165) is 29.3 Å². The number of hydrogen-bond acceptors (Lipinski definition) is 3. The number of carbonyl (C=O) groups excluding carboxylic acids is 2. The predicted octanol–water partition coefficient (Wildman–Crippen LogP) is 5.34. The number of anilines is 1. The molecule has 1 unspecified atom stereocenters. The minimum atomic E-state index is -1.89. The zero-order chi connectivity index (χ0) is 22.3. The van der Waals surface area contributed by atoms with Gasteiger partial charge in [-0.2, -0.15) is 0 Å². The van der Waals surface area contributed by atoms with E-state index in [1.807, 2.05) is 60.7 Å². The van der Waals surface area contributed by atoms with Crippen molar-refractivity contribution < 1.29 is 14.7 Å². The number of fused-ring (bicyclic) bond motifs is 2. The lowest BCUT2D eigenvalue weighted by Crippen LogP contribution is -2.41. The van der Waals surface area contributed by atoms with Gasteiger partial charge in [-0.25, -0.2) is 0 Å². The highest BCUT2D eigenvalue weighted by Crippen LogP contribution is 2.45. The van der Waals surface area contributed by atoms with E-state index < -0.39 is 11.5 Å². The van der Waals surface area contributed by atoms with E-state index in [9.17, 15) is 14.7 Å². The Morgan fingerprint density at radius 2 is 1.72 bits per heavy atom. The third-order valence-electron chi connectivity index (χ3n) is 6.56. The summed E-state index contributed by atoms with van der Waals surface area (Å²) in [4.78, 5) is 28.3. The number of Topliss-reactive ketones (excluding diaryl/α,β-unsaturated/α-hetero) is 1. The zero-order valence-corrected chi connectivity index (χ0v) is 19.3. The molecule has 1 N–H and O–H groups in total. The second-order valence-electron chi connectivity index (χ2n) is 8.69. The number of halogens is 1. The molecule has 4 nitrogen and oxygen atoms in total. The van der Waals surface area contributed by atoms with Crippen LogP contribution >= 0.6 is 15.9 Å². The van der Waals surface area contributed by atoms with Crippen LogP contribution in [0.4, 0.5) is 5.69 Å². The van der Waals surface area contributed by atoms with Gasteiger partial charge in [0.2, 0.25) is 0 Å². The standard InChI is InChI=1S/C27H24BrNO3/c28-22-12-13-24-23(15-22)27(32,26(31)29(24)17-18-6-2-1-3-7-18)16-25(30)21-11-10-19-8-4-5-9-20(19)14-21/h1-3,6-7,10-15,32H,4-5,8-9,16-17H2. The van der Waals surface area contributed by atoms with Gasteiger partial charge in [0.25, 0.3) is 5.91 Å². The summed E-state index contributed by atoms with van der Waals surface area (Å²) in [7, 11) is 0. The molecule has 0 saturated heterocycles. The Morgan fingerprint density at radius 1 is 0.969 bits per heavy atom. The van der Waals surface area contributed by atoms with E-state index in [-0.39, 0.29) is 12.2 Å². The summed E-state index contributed by atoms with van der Waals surface area (Å²) < 4.78 is 0.755. The summed E-state index contributed by atoms with van der Waals surface area (Å²) in [6.07, 6.45) is 4.04. The van der Waals surface area contributed by atoms with Crippen LogP contribution in [-0.4, -0.2) is 16.8 Å². The number of carbonyl (C=O) groups is 2. The first-order valence-corrected chi connectivity index (χ1v) is 11.8. The number of hydrogen-bond donors (Lipinski definition) is 1. The Kier molecular flexibility index (Phi) is 5.48. The largest absolute Gasteiger partial charge is 0.375 e. The van der Waals surface area contributed by atoms with Crippen LogP contribution in [0, 0.1) is 0 Å². The molecule has 5 heteroatoms. The molecule has 1 aliphatic heterocycles. The van der Waals surface area contributed by atoms with Gasteiger partial charge in [0.1, 0.15) is 0 Å². The third-order valence-corrected chi connectivity index (χ3v) is 7.06. The van der Waals surface area contributed by atoms with Crippen molar-refractivity contribution in [1.82, 2.24) is 0 Å². The highest BCUT2D eigenvalue weighted by molar-refractivity contribution is 9.10. The molecular weight excluding hydrogens is 466 g/mol. The number of nitrogens with zero attached hydrogens (tertiary/aromatic N) is 1. The molecule has 5 rings (SSSR count). The van der Waals surface area contributed by atoms with Gasteiger partial charge < -0.3 is 10.0 Å². The summed E-state index contributed by atoms with van der Waals surface area (Å²) in [5, 5.41) is 11.6. The Balaban J connectivity index is 1.48. The summed E-state index contributed by atoms with van der Waals surface area (Å²) in [5.41, 5.74) is 3.25. The third kappa shape index (κ3) is 3.70. The normalized spacial score (nSPS) is 19.6. The average Bonchev–Trinajstić information content (AvgIpc) is 3.00. The van der Waals surface area contributed by atoms with E-state index in [1.165, 1.54) is 17.5 Å². The van der Waals surface area contributed by atoms with Crippen LogP contribution in [0.3, 0.4) is 0 Å². The van der Waals surface area contributed by atoms with E-state index in [2.05, 4.69) is 15.9 Å². The molecule has 0 saturated carbocycles. The Morgan fingerprint density at radius 3 is 2.50 bits per heavy atom. The fraction of sp³-hybridized carbons (Fsp3) is 0.259. The van der Waals surface area contributed by atoms with Gasteiger partial charge in [-0.3, -0.25) is 9.59 Å². The number of aliphatic hydroxyl groups is 1. The fourth-order valence-corrected chi connectivity index (χ4v) is 5.22. The van der Waals surface area contributed by atoms with Crippen LogP contribution in [0.1, 0.15) is 51.9 Å². The van der Waals surface area contributed by atoms with Gasteiger partial charge >= 0.3 is 0 Å². The fourth-order valence-electron chi connectivity index (χ4n) is 4.86. The lowest BCUT2D eigenvalue weighted by Gasteiger charge is -2.23. The summed E-state index contributed by atoms with van der Waals surface area (Å²) >= 11 is 3.45. The SMILES string of the molecule is O=C(CC1(O)C(=O)N(Cc2ccccc2)c2ccc(Br)cc21)c1ccc2c(c1)CCCC2. The van der Waals surface area contributed by atoms with Crippen molar-refractivity contribution in [3.05, 3.63) is 99.0 Å². The molecular formula is C27H24BrNO3. The Hall–Kier alpha value is -2.76. The highest BCUT2D eigenvalue weighted by Gasteiger charge is 2.51. The van der Waals surface area contributed by atoms with Crippen LogP contribution < -0.4 is 4.90 Å². The highest BCUT2D eigenvalue weighted by atomic mass is 79.9. The first-order chi connectivity index (χ1) is 15.5. The van der Waals surface area contributed by atoms with Gasteiger partial charge in [0, 0.05) is 15.6 Å². The Labute approximate surface area is 196 Å². The van der Waals surface area contributed by atoms with Gasteiger partial charge in [-0.15, -0.1) is 0 Å². The molecule has 0 spiro atoms. The number of aryl methyl sites for hydroxylation is 2. The first kappa shape index (κ1) is 21.1. The van der Waals surface area contributed by atoms with Gasteiger partial charge in [-0.1, -0.05) is 58.4 Å². The van der Waals surface area contributed by atoms with Crippen molar-refractivity contribution in [3.63, 3.8) is 0 Å². The minimum Gasteiger partial charge on any atom is -0.375 e. The van der Waals surface area contributed by atoms with Crippen molar-refractivity contribution in [2.45, 2.75) is 44.2 Å². The second-order valence-corrected chi connectivity index (χ2v) is 9.60. The number of ketones is 1. The van der Waals surface area contributed by atoms with Gasteiger partial charge in [0.05, 0.1) is 18.7 Å². The molecule has 32 heavy (non-hydrogen) atoms. The maximum absolute atomic E-state index is 13.5. The quantitative estimate of drug-likeness (QED) is 0.492. The molecule has 0 aromatic heterocycles. The van der Waals surface area contributed by atoms with E-state index >= 15 is 0 Å². The molecule has 3 aromatic carbocycles. The lowest BCUT2D eigenvalue weighted by molar-refractivity contribution is -0.136. The summed E-state index contributed by atoms with van der Waals surface area (Å²) in [5.74, 6) is -0.678. The molecule has 1 atom stereocenters. The van der Waals surface area contributed by atoms with Crippen molar-refractivity contribution in [3.8, 4) is 0 Å². The molecule has 0 fully saturated rings. The molecule has 0 bridgehead atoms. The minimum absolute atomic E-state index is 0.221. The lowest BCUT2D eigenvalue weighted by atomic mass is 9.85. The zero-order valence-electron chi connectivity index (χ0n) is 17.7. The molecule has 1 aliphatic carbocycles. The topological polar surface area (TPSA) is 57.6 Å². The van der Waals surface area contributed by atoms with E-state index in [1.54, 1.807) is 11.0 Å². The number of benzene rings is 3. The molecule has 1 amide bonds. The number of amides is 1. The van der Waals surface area contributed by atoms with Crippen molar-refractivity contribution >= 4 is 33.3 Å².